The molecular formula is C24H21N3O3. The second-order valence-electron chi connectivity index (χ2n) is 6.39. The third-order valence-electron chi connectivity index (χ3n) is 4.71. The van der Waals surface area contributed by atoms with Gasteiger partial charge in [-0.2, -0.15) is 0 Å². The lowest BCUT2D eigenvalue weighted by atomic mass is 9.97. The Bertz CT molecular complexity index is 1150. The highest BCUT2D eigenvalue weighted by atomic mass is 16.5. The molecule has 3 heterocycles. The van der Waals surface area contributed by atoms with Crippen LogP contribution in [0.5, 0.6) is 17.4 Å². The SMILES string of the molecule is COc1nc(-c2ncccc2-c2ccccn2)c(-c2ccccc2)c(OC)c1OC. The summed E-state index contributed by atoms with van der Waals surface area (Å²) >= 11 is 0. The number of nitrogens with zero attached hydrogens (tertiary/aromatic N) is 3. The number of rotatable bonds is 6. The zero-order valence-electron chi connectivity index (χ0n) is 17.0. The molecule has 0 aliphatic carbocycles. The summed E-state index contributed by atoms with van der Waals surface area (Å²) in [6.07, 6.45) is 3.49. The van der Waals surface area contributed by atoms with E-state index < -0.39 is 0 Å². The van der Waals surface area contributed by atoms with Crippen LogP contribution >= 0.6 is 0 Å². The lowest BCUT2D eigenvalue weighted by Crippen LogP contribution is -2.04. The summed E-state index contributed by atoms with van der Waals surface area (Å²) < 4.78 is 16.9. The minimum Gasteiger partial charge on any atom is -0.492 e. The van der Waals surface area contributed by atoms with Gasteiger partial charge in [-0.05, 0) is 29.8 Å². The summed E-state index contributed by atoms with van der Waals surface area (Å²) in [5, 5.41) is 0. The number of benzene rings is 1. The fourth-order valence-electron chi connectivity index (χ4n) is 3.41. The van der Waals surface area contributed by atoms with E-state index in [0.29, 0.717) is 28.8 Å². The number of pyridine rings is 3. The van der Waals surface area contributed by atoms with E-state index in [1.807, 2.05) is 60.7 Å². The number of hydrogen-bond donors (Lipinski definition) is 0. The van der Waals surface area contributed by atoms with Gasteiger partial charge in [0.05, 0.1) is 38.3 Å². The molecule has 0 amide bonds. The van der Waals surface area contributed by atoms with Crippen LogP contribution < -0.4 is 14.2 Å². The first kappa shape index (κ1) is 19.4. The van der Waals surface area contributed by atoms with Crippen LogP contribution in [-0.4, -0.2) is 36.3 Å². The topological polar surface area (TPSA) is 66.4 Å². The Kier molecular flexibility index (Phi) is 5.57. The molecule has 0 atom stereocenters. The largest absolute Gasteiger partial charge is 0.492 e. The summed E-state index contributed by atoms with van der Waals surface area (Å²) in [4.78, 5) is 14.0. The number of hydrogen-bond acceptors (Lipinski definition) is 6. The third-order valence-corrected chi connectivity index (χ3v) is 4.71. The lowest BCUT2D eigenvalue weighted by molar-refractivity contribution is 0.317. The number of aromatic nitrogens is 3. The molecule has 6 nitrogen and oxygen atoms in total. The normalized spacial score (nSPS) is 10.5. The molecule has 0 aliphatic heterocycles. The van der Waals surface area contributed by atoms with Gasteiger partial charge in [0.1, 0.15) is 5.69 Å². The predicted octanol–water partition coefficient (Wildman–Crippen LogP) is 4.90. The van der Waals surface area contributed by atoms with Crippen LogP contribution in [0.4, 0.5) is 0 Å². The van der Waals surface area contributed by atoms with Gasteiger partial charge in [0.25, 0.3) is 5.88 Å². The van der Waals surface area contributed by atoms with E-state index >= 15 is 0 Å². The first-order valence-corrected chi connectivity index (χ1v) is 9.40. The van der Waals surface area contributed by atoms with Gasteiger partial charge in [-0.1, -0.05) is 36.4 Å². The standard InChI is InChI=1S/C24H21N3O3/c1-28-22-19(16-10-5-4-6-11-16)21(27-24(30-3)23(22)29-2)20-17(12-9-15-26-20)18-13-7-8-14-25-18/h4-15H,1-3H3. The van der Waals surface area contributed by atoms with E-state index in [4.69, 9.17) is 19.2 Å². The van der Waals surface area contributed by atoms with E-state index in [-0.39, 0.29) is 0 Å². The Morgan fingerprint density at radius 3 is 2.03 bits per heavy atom. The van der Waals surface area contributed by atoms with Crippen LogP contribution in [0.2, 0.25) is 0 Å². The van der Waals surface area contributed by atoms with Crippen molar-refractivity contribution in [3.05, 3.63) is 73.1 Å². The van der Waals surface area contributed by atoms with Crippen molar-refractivity contribution in [2.45, 2.75) is 0 Å². The maximum atomic E-state index is 5.78. The van der Waals surface area contributed by atoms with E-state index in [1.54, 1.807) is 33.7 Å². The number of methoxy groups -OCH3 is 3. The Hall–Kier alpha value is -3.93. The molecular weight excluding hydrogens is 378 g/mol. The molecule has 0 N–H and O–H groups in total. The highest BCUT2D eigenvalue weighted by molar-refractivity contribution is 5.91. The molecule has 0 unspecified atom stereocenters. The van der Waals surface area contributed by atoms with Crippen molar-refractivity contribution >= 4 is 0 Å². The zero-order valence-corrected chi connectivity index (χ0v) is 17.0. The second kappa shape index (κ2) is 8.61. The molecule has 150 valence electrons. The lowest BCUT2D eigenvalue weighted by Gasteiger charge is -2.19. The average molecular weight is 399 g/mol. The highest BCUT2D eigenvalue weighted by Gasteiger charge is 2.26. The molecule has 0 fully saturated rings. The Balaban J connectivity index is 2.09. The monoisotopic (exact) mass is 399 g/mol. The van der Waals surface area contributed by atoms with Crippen molar-refractivity contribution in [2.24, 2.45) is 0 Å². The van der Waals surface area contributed by atoms with Crippen molar-refractivity contribution in [1.82, 2.24) is 15.0 Å². The first-order valence-electron chi connectivity index (χ1n) is 9.40. The third kappa shape index (κ3) is 3.43. The van der Waals surface area contributed by atoms with Gasteiger partial charge in [-0.15, -0.1) is 0 Å². The van der Waals surface area contributed by atoms with Crippen LogP contribution in [0.15, 0.2) is 73.1 Å². The van der Waals surface area contributed by atoms with Gasteiger partial charge in [0.2, 0.25) is 5.75 Å². The fourth-order valence-corrected chi connectivity index (χ4v) is 3.41. The van der Waals surface area contributed by atoms with Crippen LogP contribution in [0.25, 0.3) is 33.8 Å². The van der Waals surface area contributed by atoms with Gasteiger partial charge in [0, 0.05) is 18.0 Å². The highest BCUT2D eigenvalue weighted by Crippen LogP contribution is 2.48. The van der Waals surface area contributed by atoms with Crippen molar-refractivity contribution < 1.29 is 14.2 Å². The molecule has 6 heteroatoms. The van der Waals surface area contributed by atoms with Gasteiger partial charge in [-0.3, -0.25) is 9.97 Å². The first-order chi connectivity index (χ1) is 14.8. The zero-order chi connectivity index (χ0) is 20.9. The van der Waals surface area contributed by atoms with Crippen LogP contribution in [0.1, 0.15) is 0 Å². The Labute approximate surface area is 175 Å². The van der Waals surface area contributed by atoms with E-state index in [0.717, 1.165) is 22.4 Å². The maximum absolute atomic E-state index is 5.78. The van der Waals surface area contributed by atoms with Crippen LogP contribution in [-0.2, 0) is 0 Å². The molecule has 0 aliphatic rings. The molecule has 0 saturated heterocycles. The van der Waals surface area contributed by atoms with Gasteiger partial charge >= 0.3 is 0 Å². The number of ether oxygens (including phenoxy) is 3. The summed E-state index contributed by atoms with van der Waals surface area (Å²) in [5.41, 5.74) is 4.65. The summed E-state index contributed by atoms with van der Waals surface area (Å²) in [5.74, 6) is 1.28. The minimum atomic E-state index is 0.321. The molecule has 30 heavy (non-hydrogen) atoms. The van der Waals surface area contributed by atoms with Crippen molar-refractivity contribution in [2.75, 3.05) is 21.3 Å². The Morgan fingerprint density at radius 2 is 1.37 bits per heavy atom. The van der Waals surface area contributed by atoms with Crippen LogP contribution in [0, 0.1) is 0 Å². The van der Waals surface area contributed by atoms with Crippen molar-refractivity contribution in [3.8, 4) is 51.2 Å². The second-order valence-corrected chi connectivity index (χ2v) is 6.39. The van der Waals surface area contributed by atoms with E-state index in [9.17, 15) is 0 Å². The van der Waals surface area contributed by atoms with Gasteiger partial charge in [0.15, 0.2) is 5.75 Å². The minimum absolute atomic E-state index is 0.321. The molecule has 0 radical (unpaired) electrons. The molecule has 4 aromatic rings. The smallest absolute Gasteiger partial charge is 0.261 e. The van der Waals surface area contributed by atoms with Crippen molar-refractivity contribution in [3.63, 3.8) is 0 Å². The quantitative estimate of drug-likeness (QED) is 0.459. The average Bonchev–Trinajstić information content (AvgIpc) is 2.83. The van der Waals surface area contributed by atoms with Gasteiger partial charge in [-0.25, -0.2) is 4.98 Å². The van der Waals surface area contributed by atoms with Crippen molar-refractivity contribution in [1.29, 1.82) is 0 Å². The molecule has 4 rings (SSSR count). The summed E-state index contributed by atoms with van der Waals surface area (Å²) in [6, 6.07) is 19.5. The summed E-state index contributed by atoms with van der Waals surface area (Å²) in [6.45, 7) is 0. The predicted molar refractivity (Wildman–Crippen MR) is 116 cm³/mol. The van der Waals surface area contributed by atoms with E-state index in [2.05, 4.69) is 9.97 Å². The fraction of sp³-hybridized carbons (Fsp3) is 0.125. The Morgan fingerprint density at radius 1 is 0.633 bits per heavy atom. The molecule has 3 aromatic heterocycles. The molecule has 0 bridgehead atoms. The molecule has 0 spiro atoms. The van der Waals surface area contributed by atoms with Gasteiger partial charge < -0.3 is 14.2 Å². The maximum Gasteiger partial charge on any atom is 0.261 e. The summed E-state index contributed by atoms with van der Waals surface area (Å²) in [7, 11) is 4.72. The molecule has 0 saturated carbocycles. The van der Waals surface area contributed by atoms with E-state index in [1.165, 1.54) is 0 Å². The molecule has 1 aromatic carbocycles. The van der Waals surface area contributed by atoms with Crippen LogP contribution in [0.3, 0.4) is 0 Å².